The van der Waals surface area contributed by atoms with Crippen LogP contribution in [0.5, 0.6) is 0 Å². The van der Waals surface area contributed by atoms with Crippen LogP contribution in [0.4, 0.5) is 0 Å². The van der Waals surface area contributed by atoms with E-state index in [0.29, 0.717) is 0 Å². The maximum atomic E-state index is 4.94. The Bertz CT molecular complexity index is 18.5. The van der Waals surface area contributed by atoms with Crippen LogP contribution in [0.3, 0.4) is 0 Å². The summed E-state index contributed by atoms with van der Waals surface area (Å²) in [4.78, 5) is 0. The summed E-state index contributed by atoms with van der Waals surface area (Å²) in [5.41, 5.74) is 0. The van der Waals surface area contributed by atoms with Crippen LogP contribution in [0.25, 0.3) is 0 Å². The molecule has 1 nitrogen and oxygen atoms in total. The predicted octanol–water partition coefficient (Wildman–Crippen LogP) is -0.171. The zero-order valence-electron chi connectivity index (χ0n) is 3.24. The van der Waals surface area contributed by atoms with E-state index < -0.39 is 0 Å². The summed E-state index contributed by atoms with van der Waals surface area (Å²) in [5, 5.41) is 0. The van der Waals surface area contributed by atoms with Crippen molar-refractivity contribution in [2.75, 3.05) is 13.1 Å². The van der Waals surface area contributed by atoms with Crippen molar-refractivity contribution in [2.24, 2.45) is 0 Å². The highest BCUT2D eigenvalue weighted by atomic mass is 16.5. The zero-order valence-corrected chi connectivity index (χ0v) is 3.24. The van der Waals surface area contributed by atoms with Crippen molar-refractivity contribution < 1.29 is 4.74 Å². The summed E-state index contributed by atoms with van der Waals surface area (Å²) >= 11 is 0. The molecule has 1 rings (SSSR count). The van der Waals surface area contributed by atoms with Crippen molar-refractivity contribution in [1.82, 2.24) is 0 Å². The first-order chi connectivity index (χ1) is 2.50. The van der Waals surface area contributed by atoms with Crippen LogP contribution in [0.1, 0.15) is 0 Å². The third kappa shape index (κ3) is 0.654. The number of ether oxygens (including phenoxy) is 1. The van der Waals surface area contributed by atoms with Gasteiger partial charge >= 0.3 is 0 Å². The van der Waals surface area contributed by atoms with Gasteiger partial charge in [0.25, 0.3) is 0 Å². The first-order valence-electron chi connectivity index (χ1n) is 2.08. The summed E-state index contributed by atoms with van der Waals surface area (Å²) in [5.74, 6) is 0. The Balaban J connectivity index is 2.08. The maximum absolute atomic E-state index is 4.94. The van der Waals surface area contributed by atoms with Crippen LogP contribution in [-0.4, -0.2) is 20.4 Å². The monoisotopic (exact) mass is 70.1 g/mol. The Morgan fingerprint density at radius 2 is 2.60 bits per heavy atom. The summed E-state index contributed by atoms with van der Waals surface area (Å²) < 4.78 is 4.94. The highest BCUT2D eigenvalue weighted by molar-refractivity contribution is 6.36. The number of hydrogen-bond acceptors (Lipinski definition) is 1. The number of hydrogen-bond donors (Lipinski definition) is 0. The molecule has 0 atom stereocenters. The van der Waals surface area contributed by atoms with Gasteiger partial charge in [-0.15, -0.1) is 0 Å². The Kier molecular flexibility index (Phi) is 0.940. The highest BCUT2D eigenvalue weighted by Crippen LogP contribution is 1.89. The minimum Gasteiger partial charge on any atom is -0.391 e. The lowest BCUT2D eigenvalue weighted by Crippen LogP contribution is -1.83. The lowest BCUT2D eigenvalue weighted by molar-refractivity contribution is 0.214. The molecule has 2 heteroatoms. The molecule has 0 aliphatic carbocycles. The fourth-order valence-electron chi connectivity index (χ4n) is 0.510. The molecule has 1 heterocycles. The molecule has 0 N–H and O–H groups in total. The molecule has 0 aromatic heterocycles. The quantitative estimate of drug-likeness (QED) is 0.359. The average Bonchev–Trinajstić information content (AvgIpc) is 1.76. The molecule has 1 aliphatic rings. The standard InChI is InChI=1S/C3H7BO/c1-2-5-3-4-1/h4H,1-3H2. The normalized spacial score (nSPS) is 22.4. The van der Waals surface area contributed by atoms with Crippen molar-refractivity contribution in [3.05, 3.63) is 0 Å². The molecule has 0 radical (unpaired) electrons. The molecule has 1 fully saturated rings. The summed E-state index contributed by atoms with van der Waals surface area (Å²) in [7, 11) is 1.28. The van der Waals surface area contributed by atoms with Crippen molar-refractivity contribution in [3.8, 4) is 0 Å². The number of rotatable bonds is 0. The van der Waals surface area contributed by atoms with Gasteiger partial charge in [0.2, 0.25) is 0 Å². The SMILES string of the molecule is B1CCOC1. The Morgan fingerprint density at radius 1 is 1.60 bits per heavy atom. The Morgan fingerprint density at radius 3 is 2.80 bits per heavy atom. The molecular formula is C3H7BO. The molecule has 0 bridgehead atoms. The maximum Gasteiger partial charge on any atom is 0.155 e. The molecule has 0 amide bonds. The van der Waals surface area contributed by atoms with E-state index >= 15 is 0 Å². The van der Waals surface area contributed by atoms with E-state index in [1.54, 1.807) is 0 Å². The first-order valence-corrected chi connectivity index (χ1v) is 2.08. The van der Waals surface area contributed by atoms with E-state index in [9.17, 15) is 0 Å². The van der Waals surface area contributed by atoms with Crippen molar-refractivity contribution in [3.63, 3.8) is 0 Å². The van der Waals surface area contributed by atoms with E-state index in [-0.39, 0.29) is 0 Å². The fraction of sp³-hybridized carbons (Fsp3) is 1.00. The van der Waals surface area contributed by atoms with Crippen LogP contribution in [0.15, 0.2) is 0 Å². The van der Waals surface area contributed by atoms with Gasteiger partial charge in [-0.3, -0.25) is 0 Å². The first kappa shape index (κ1) is 3.22. The predicted molar refractivity (Wildman–Crippen MR) is 22.8 cm³/mol. The zero-order chi connectivity index (χ0) is 3.54. The molecule has 0 aromatic carbocycles. The van der Waals surface area contributed by atoms with Gasteiger partial charge in [0, 0.05) is 13.1 Å². The van der Waals surface area contributed by atoms with Gasteiger partial charge in [-0.2, -0.15) is 0 Å². The molecule has 28 valence electrons. The van der Waals surface area contributed by atoms with E-state index in [4.69, 9.17) is 4.74 Å². The second kappa shape index (κ2) is 1.46. The second-order valence-corrected chi connectivity index (χ2v) is 1.32. The van der Waals surface area contributed by atoms with Crippen LogP contribution in [0.2, 0.25) is 6.32 Å². The van der Waals surface area contributed by atoms with E-state index in [1.165, 1.54) is 13.6 Å². The van der Waals surface area contributed by atoms with Gasteiger partial charge in [-0.05, 0) is 0 Å². The van der Waals surface area contributed by atoms with Crippen LogP contribution in [0, 0.1) is 0 Å². The van der Waals surface area contributed by atoms with Crippen LogP contribution >= 0.6 is 0 Å². The molecule has 5 heavy (non-hydrogen) atoms. The van der Waals surface area contributed by atoms with Crippen molar-refractivity contribution in [2.45, 2.75) is 6.32 Å². The minimum atomic E-state index is 1.00. The topological polar surface area (TPSA) is 9.23 Å². The van der Waals surface area contributed by atoms with E-state index in [2.05, 4.69) is 0 Å². The average molecular weight is 69.9 g/mol. The van der Waals surface area contributed by atoms with E-state index in [0.717, 1.165) is 13.1 Å². The molecular weight excluding hydrogens is 62.8 g/mol. The van der Waals surface area contributed by atoms with Gasteiger partial charge < -0.3 is 4.74 Å². The summed E-state index contributed by atoms with van der Waals surface area (Å²) in [6, 6.07) is 0. The van der Waals surface area contributed by atoms with Crippen LogP contribution in [-0.2, 0) is 4.74 Å². The summed E-state index contributed by atoms with van der Waals surface area (Å²) in [6.07, 6.45) is 1.28. The molecule has 0 aromatic rings. The van der Waals surface area contributed by atoms with Gasteiger partial charge in [-0.25, -0.2) is 0 Å². The lowest BCUT2D eigenvalue weighted by Gasteiger charge is -1.77. The third-order valence-corrected chi connectivity index (χ3v) is 0.827. The molecule has 0 saturated carbocycles. The Hall–Kier alpha value is 0.0249. The third-order valence-electron chi connectivity index (χ3n) is 0.827. The molecule has 1 aliphatic heterocycles. The van der Waals surface area contributed by atoms with Gasteiger partial charge in [0.05, 0.1) is 0 Å². The van der Waals surface area contributed by atoms with Gasteiger partial charge in [0.1, 0.15) is 0 Å². The van der Waals surface area contributed by atoms with Crippen molar-refractivity contribution >= 4 is 7.28 Å². The minimum absolute atomic E-state index is 1.00. The van der Waals surface area contributed by atoms with Gasteiger partial charge in [0.15, 0.2) is 7.28 Å². The summed E-state index contributed by atoms with van der Waals surface area (Å²) in [6.45, 7) is 2.00. The van der Waals surface area contributed by atoms with E-state index in [1.807, 2.05) is 0 Å². The van der Waals surface area contributed by atoms with Crippen molar-refractivity contribution in [1.29, 1.82) is 0 Å². The molecule has 1 saturated heterocycles. The molecule has 0 spiro atoms. The fourth-order valence-corrected chi connectivity index (χ4v) is 0.510. The highest BCUT2D eigenvalue weighted by Gasteiger charge is 1.97. The lowest BCUT2D eigenvalue weighted by atomic mass is 9.79. The molecule has 0 unspecified atom stereocenters. The second-order valence-electron chi connectivity index (χ2n) is 1.32. The largest absolute Gasteiger partial charge is 0.391 e. The Labute approximate surface area is 32.6 Å². The van der Waals surface area contributed by atoms with Gasteiger partial charge in [-0.1, -0.05) is 6.32 Å². The van der Waals surface area contributed by atoms with Crippen LogP contribution < -0.4 is 0 Å². The smallest absolute Gasteiger partial charge is 0.155 e.